The molecule has 0 bridgehead atoms. The average molecular weight is 665 g/mol. The van der Waals surface area contributed by atoms with Crippen LogP contribution >= 0.6 is 11.3 Å². The molecule has 0 saturated carbocycles. The molecule has 4 aromatic rings. The van der Waals surface area contributed by atoms with Crippen molar-refractivity contribution in [3.8, 4) is 11.3 Å². The predicted molar refractivity (Wildman–Crippen MR) is 168 cm³/mol. The summed E-state index contributed by atoms with van der Waals surface area (Å²) in [5, 5.41) is 27.1. The highest BCUT2D eigenvalue weighted by atomic mass is 32.2. The second kappa shape index (κ2) is 11.1. The maximum atomic E-state index is 13.5. The minimum Gasteiger partial charge on any atom is -0.505 e. The number of nitrogens with zero attached hydrogens (tertiary/aromatic N) is 4. The van der Waals surface area contributed by atoms with Gasteiger partial charge in [-0.25, -0.2) is 22.6 Å². The lowest BCUT2D eigenvalue weighted by Gasteiger charge is -2.28. The van der Waals surface area contributed by atoms with E-state index in [-0.39, 0.29) is 43.3 Å². The van der Waals surface area contributed by atoms with Crippen LogP contribution in [0.25, 0.3) is 22.8 Å². The lowest BCUT2D eigenvalue weighted by Crippen LogP contribution is -2.37. The Hall–Kier alpha value is -5.06. The molecule has 2 amide bonds. The van der Waals surface area contributed by atoms with Crippen LogP contribution in [0.5, 0.6) is 0 Å². The zero-order valence-corrected chi connectivity index (χ0v) is 26.2. The van der Waals surface area contributed by atoms with Crippen LogP contribution in [0.15, 0.2) is 88.0 Å². The molecule has 13 nitrogen and oxygen atoms in total. The van der Waals surface area contributed by atoms with Gasteiger partial charge >= 0.3 is 0 Å². The molecule has 2 aliphatic rings. The zero-order valence-electron chi connectivity index (χ0n) is 23.8. The summed E-state index contributed by atoms with van der Waals surface area (Å²) in [7, 11) is -3.36. The largest absolute Gasteiger partial charge is 0.505 e. The number of rotatable bonds is 5. The van der Waals surface area contributed by atoms with Gasteiger partial charge in [-0.15, -0.1) is 11.3 Å². The van der Waals surface area contributed by atoms with Crippen molar-refractivity contribution in [1.82, 2.24) is 18.6 Å². The zero-order chi connectivity index (χ0) is 32.2. The summed E-state index contributed by atoms with van der Waals surface area (Å²) in [6, 6.07) is 15.5. The van der Waals surface area contributed by atoms with Crippen LogP contribution in [0.3, 0.4) is 0 Å². The first-order chi connectivity index (χ1) is 21.4. The molecule has 4 N–H and O–H groups in total. The van der Waals surface area contributed by atoms with E-state index in [1.807, 2.05) is 0 Å². The number of fused-ring (bicyclic) bond motifs is 2. The molecule has 0 aliphatic carbocycles. The van der Waals surface area contributed by atoms with Gasteiger partial charge in [0, 0.05) is 41.9 Å². The van der Waals surface area contributed by atoms with Crippen molar-refractivity contribution in [3.05, 3.63) is 94.3 Å². The minimum absolute atomic E-state index is 0.0125. The van der Waals surface area contributed by atoms with Crippen molar-refractivity contribution in [3.63, 3.8) is 0 Å². The number of hydrogen-bond acceptors (Lipinski definition) is 10. The van der Waals surface area contributed by atoms with Crippen molar-refractivity contribution in [2.45, 2.75) is 16.7 Å². The van der Waals surface area contributed by atoms with Crippen LogP contribution in [0, 0.1) is 6.92 Å². The Morgan fingerprint density at radius 2 is 1.60 bits per heavy atom. The molecule has 2 aliphatic heterocycles. The van der Waals surface area contributed by atoms with Crippen LogP contribution < -0.4 is 10.6 Å². The highest BCUT2D eigenvalue weighted by Crippen LogP contribution is 2.39. The van der Waals surface area contributed by atoms with E-state index in [4.69, 9.17) is 0 Å². The van der Waals surface area contributed by atoms with E-state index < -0.39 is 44.3 Å². The molecule has 4 heterocycles. The number of aliphatic hydroxyl groups excluding tert-OH is 2. The van der Waals surface area contributed by atoms with Crippen LogP contribution in [0.2, 0.25) is 0 Å². The highest BCUT2D eigenvalue weighted by molar-refractivity contribution is 7.89. The fourth-order valence-corrected chi connectivity index (χ4v) is 8.38. The first kappa shape index (κ1) is 30.0. The normalized spacial score (nSPS) is 17.1. The summed E-state index contributed by atoms with van der Waals surface area (Å²) in [4.78, 5) is 35.6. The number of thiazole rings is 1. The summed E-state index contributed by atoms with van der Waals surface area (Å²) in [5.41, 5.74) is 0.523. The summed E-state index contributed by atoms with van der Waals surface area (Å²) in [6.07, 6.45) is 1.50. The van der Waals surface area contributed by atoms with E-state index in [0.29, 0.717) is 16.1 Å². The number of amides is 2. The van der Waals surface area contributed by atoms with Crippen LogP contribution in [0.4, 0.5) is 10.9 Å². The molecule has 0 saturated heterocycles. The lowest BCUT2D eigenvalue weighted by molar-refractivity contribution is -0.114. The lowest BCUT2D eigenvalue weighted by atomic mass is 10.1. The number of pyridine rings is 1. The second-order valence-electron chi connectivity index (χ2n) is 9.87. The number of sulfonamides is 1. The van der Waals surface area contributed by atoms with Crippen LogP contribution in [-0.2, 0) is 30.6 Å². The molecule has 2 aromatic carbocycles. The van der Waals surface area contributed by atoms with E-state index in [9.17, 15) is 32.4 Å². The Kier molecular flexibility index (Phi) is 7.42. The average Bonchev–Trinajstić information content (AvgIpc) is 3.39. The van der Waals surface area contributed by atoms with E-state index in [1.165, 1.54) is 44.6 Å². The number of hydrogen-bond donors (Lipinski definition) is 4. The topological polar surface area (TPSA) is 182 Å². The van der Waals surface area contributed by atoms with Gasteiger partial charge in [-0.1, -0.05) is 24.3 Å². The van der Waals surface area contributed by atoms with E-state index >= 15 is 0 Å². The number of anilines is 2. The number of nitrogens with one attached hydrogen (secondary N) is 2. The summed E-state index contributed by atoms with van der Waals surface area (Å²) in [6.45, 7) is 1.76. The third kappa shape index (κ3) is 5.01. The number of carbonyl (C=O) groups excluding carboxylic acids is 2. The molecule has 6 rings (SSSR count). The Morgan fingerprint density at radius 3 is 2.33 bits per heavy atom. The van der Waals surface area contributed by atoms with Gasteiger partial charge in [-0.05, 0) is 43.3 Å². The highest BCUT2D eigenvalue weighted by Gasteiger charge is 2.38. The third-order valence-electron chi connectivity index (χ3n) is 7.16. The smallest absolute Gasteiger partial charge is 0.278 e. The van der Waals surface area contributed by atoms with Crippen molar-refractivity contribution in [2.24, 2.45) is 0 Å². The quantitative estimate of drug-likeness (QED) is 0.246. The second-order valence-corrected chi connectivity index (χ2v) is 14.5. The molecular formula is C29H24N6O7S3. The van der Waals surface area contributed by atoms with Crippen molar-refractivity contribution in [1.29, 1.82) is 0 Å². The van der Waals surface area contributed by atoms with Gasteiger partial charge in [0.15, 0.2) is 39.0 Å². The molecule has 45 heavy (non-hydrogen) atoms. The molecule has 230 valence electrons. The minimum atomic E-state index is -4.08. The van der Waals surface area contributed by atoms with Gasteiger partial charge in [0.25, 0.3) is 21.8 Å². The van der Waals surface area contributed by atoms with Crippen molar-refractivity contribution >= 4 is 66.6 Å². The molecule has 0 radical (unpaired) electrons. The Bertz CT molecular complexity index is 2110. The summed E-state index contributed by atoms with van der Waals surface area (Å²) in [5.74, 6) is -2.16. The third-order valence-corrected chi connectivity index (χ3v) is 11.3. The fraction of sp³-hybridized carbons (Fsp3) is 0.103. The molecule has 1 atom stereocenters. The van der Waals surface area contributed by atoms with Crippen LogP contribution in [0.1, 0.15) is 16.0 Å². The van der Waals surface area contributed by atoms with Gasteiger partial charge in [0.1, 0.15) is 5.82 Å². The van der Waals surface area contributed by atoms with Crippen molar-refractivity contribution < 1.29 is 32.4 Å². The molecule has 1 unspecified atom stereocenters. The monoisotopic (exact) mass is 664 g/mol. The first-order valence-corrected chi connectivity index (χ1v) is 16.5. The molecule has 16 heteroatoms. The number of carbonyl (C=O) groups is 2. The van der Waals surface area contributed by atoms with Gasteiger partial charge in [-0.3, -0.25) is 23.5 Å². The van der Waals surface area contributed by atoms with Gasteiger partial charge in [0.05, 0.1) is 15.5 Å². The predicted octanol–water partition coefficient (Wildman–Crippen LogP) is 3.85. The SMILES string of the molecule is Cc1sc(NC(=O)C2=C(O)c3ccccc3S(=O)(=O)N2C)nc1-c1ccc2c(c1)S(=O)N(C)C(C(=O)Nc1ccccn1)=C2O. The fourth-order valence-electron chi connectivity index (χ4n) is 4.94. The van der Waals surface area contributed by atoms with Gasteiger partial charge < -0.3 is 15.5 Å². The Labute approximate surface area is 263 Å². The van der Waals surface area contributed by atoms with Gasteiger partial charge in [-0.2, -0.15) is 0 Å². The Balaban J connectivity index is 1.30. The number of aryl methyl sites for hydroxylation is 1. The standard InChI is InChI=1S/C29H24N6O7S3/c1-15-22(32-29(43-15)33-28(39)24-26(37)18-8-4-5-9-20(18)45(41,42)35(24)3)16-11-12-17-19(14-16)44(40)34(2)23(25(17)36)27(38)31-21-10-6-7-13-30-21/h4-14,36-37H,1-3H3,(H,30,31,38)(H,32,33,39). The molecule has 0 fully saturated rings. The Morgan fingerprint density at radius 1 is 0.911 bits per heavy atom. The maximum Gasteiger partial charge on any atom is 0.278 e. The number of likely N-dealkylation sites (N-methyl/N-ethyl adjacent to an activating group) is 2. The first-order valence-electron chi connectivity index (χ1n) is 13.2. The summed E-state index contributed by atoms with van der Waals surface area (Å²) < 4.78 is 41.4. The number of aromatic nitrogens is 2. The molecule has 0 spiro atoms. The van der Waals surface area contributed by atoms with E-state index in [2.05, 4.69) is 20.6 Å². The van der Waals surface area contributed by atoms with E-state index in [1.54, 1.807) is 43.3 Å². The van der Waals surface area contributed by atoms with E-state index in [0.717, 1.165) is 19.9 Å². The molecular weight excluding hydrogens is 641 g/mol. The van der Waals surface area contributed by atoms with Crippen molar-refractivity contribution in [2.75, 3.05) is 24.7 Å². The summed E-state index contributed by atoms with van der Waals surface area (Å²) >= 11 is 1.11. The van der Waals surface area contributed by atoms with Crippen LogP contribution in [-0.4, -0.2) is 67.3 Å². The number of aliphatic hydroxyl groups is 2. The van der Waals surface area contributed by atoms with Gasteiger partial charge in [0.2, 0.25) is 0 Å². The maximum absolute atomic E-state index is 13.5. The molecule has 2 aromatic heterocycles. The number of benzene rings is 2.